The van der Waals surface area contributed by atoms with E-state index in [1.54, 1.807) is 35.2 Å². The smallest absolute Gasteiger partial charge is 0.329 e. The fourth-order valence-corrected chi connectivity index (χ4v) is 4.65. The van der Waals surface area contributed by atoms with E-state index in [9.17, 15) is 9.59 Å². The van der Waals surface area contributed by atoms with Crippen LogP contribution in [0.5, 0.6) is 0 Å². The van der Waals surface area contributed by atoms with Crippen LogP contribution in [0.25, 0.3) is 21.9 Å². The maximum absolute atomic E-state index is 12.9. The molecule has 0 radical (unpaired) electrons. The maximum atomic E-state index is 12.9. The van der Waals surface area contributed by atoms with Crippen molar-refractivity contribution in [3.05, 3.63) is 58.1 Å². The largest absolute Gasteiger partial charge is 0.480 e. The standard InChI is InChI=1S/C24H22Cl2N6O4/c25-13-3-4-17-19(7-13)30-23(29-17)20(10-36-11-21(33)34)31-22-15-8-16(26)14(9-18(15)27-12-28-22)24(35)32-5-1-2-6-32/h3-4,7-9,12,20H,1-2,5-6,10-11H2,(H,29,30)(H,33,34)(H,27,28,31)/t20-/m1/s1. The van der Waals surface area contributed by atoms with E-state index < -0.39 is 18.6 Å². The van der Waals surface area contributed by atoms with E-state index in [0.29, 0.717) is 56.8 Å². The van der Waals surface area contributed by atoms with Gasteiger partial charge in [0.05, 0.1) is 33.7 Å². The van der Waals surface area contributed by atoms with Gasteiger partial charge in [0.15, 0.2) is 0 Å². The number of aliphatic carboxylic acids is 1. The summed E-state index contributed by atoms with van der Waals surface area (Å²) in [5.41, 5.74) is 2.36. The van der Waals surface area contributed by atoms with E-state index in [1.165, 1.54) is 6.33 Å². The second-order valence-corrected chi connectivity index (χ2v) is 9.30. The summed E-state index contributed by atoms with van der Waals surface area (Å²) < 4.78 is 5.38. The fraction of sp³-hybridized carbons (Fsp3) is 0.292. The van der Waals surface area contributed by atoms with Gasteiger partial charge in [-0.25, -0.2) is 19.7 Å². The molecule has 2 aromatic carbocycles. The van der Waals surface area contributed by atoms with E-state index in [2.05, 4.69) is 25.3 Å². The molecule has 10 nitrogen and oxygen atoms in total. The Bertz CT molecular complexity index is 1450. The SMILES string of the molecule is O=C(O)COC[C@@H](Nc1ncnc2cc(C(=O)N3CCCC3)c(Cl)cc12)c1nc2ccc(Cl)cc2[nH]1. The normalized spacial score (nSPS) is 14.4. The van der Waals surface area contributed by atoms with E-state index in [4.69, 9.17) is 33.0 Å². The minimum atomic E-state index is -1.08. The molecule has 1 atom stereocenters. The highest BCUT2D eigenvalue weighted by Crippen LogP contribution is 2.30. The molecule has 1 aliphatic heterocycles. The van der Waals surface area contributed by atoms with Crippen molar-refractivity contribution >= 4 is 62.8 Å². The molecule has 0 unspecified atom stereocenters. The Kier molecular flexibility index (Phi) is 6.90. The molecule has 3 N–H and O–H groups in total. The number of halogens is 2. The van der Waals surface area contributed by atoms with Gasteiger partial charge >= 0.3 is 5.97 Å². The van der Waals surface area contributed by atoms with E-state index in [-0.39, 0.29) is 12.5 Å². The molecule has 0 aliphatic carbocycles. The van der Waals surface area contributed by atoms with Crippen LogP contribution >= 0.6 is 23.2 Å². The zero-order chi connectivity index (χ0) is 25.2. The van der Waals surface area contributed by atoms with Gasteiger partial charge in [-0.3, -0.25) is 4.79 Å². The number of likely N-dealkylation sites (tertiary alicyclic amines) is 1. The van der Waals surface area contributed by atoms with E-state index in [0.717, 1.165) is 18.4 Å². The summed E-state index contributed by atoms with van der Waals surface area (Å²) in [6.07, 6.45) is 3.34. The number of hydrogen-bond donors (Lipinski definition) is 3. The Morgan fingerprint density at radius 2 is 1.94 bits per heavy atom. The lowest BCUT2D eigenvalue weighted by molar-refractivity contribution is -0.142. The number of aromatic amines is 1. The minimum Gasteiger partial charge on any atom is -0.480 e. The van der Waals surface area contributed by atoms with Crippen molar-refractivity contribution in [1.82, 2.24) is 24.8 Å². The second kappa shape index (κ2) is 10.3. The van der Waals surface area contributed by atoms with Crippen molar-refractivity contribution in [3.8, 4) is 0 Å². The van der Waals surface area contributed by atoms with E-state index in [1.807, 2.05) is 0 Å². The molecule has 4 aromatic rings. The Morgan fingerprint density at radius 1 is 1.14 bits per heavy atom. The molecule has 36 heavy (non-hydrogen) atoms. The summed E-state index contributed by atoms with van der Waals surface area (Å²) in [4.78, 5) is 42.2. The number of carboxylic acid groups (broad SMARTS) is 1. The molecular formula is C24H22Cl2N6O4. The fourth-order valence-electron chi connectivity index (χ4n) is 4.23. The predicted molar refractivity (Wildman–Crippen MR) is 136 cm³/mol. The highest BCUT2D eigenvalue weighted by molar-refractivity contribution is 6.35. The number of nitrogens with one attached hydrogen (secondary N) is 2. The van der Waals surface area contributed by atoms with Gasteiger partial charge in [-0.15, -0.1) is 0 Å². The summed E-state index contributed by atoms with van der Waals surface area (Å²) in [5, 5.41) is 13.7. The number of rotatable bonds is 8. The van der Waals surface area contributed by atoms with Gasteiger partial charge in [-0.2, -0.15) is 0 Å². The Labute approximate surface area is 215 Å². The number of nitrogens with zero attached hydrogens (tertiary/aromatic N) is 4. The average Bonchev–Trinajstić information content (AvgIpc) is 3.53. The number of hydrogen-bond acceptors (Lipinski definition) is 7. The minimum absolute atomic E-state index is 0.00931. The summed E-state index contributed by atoms with van der Waals surface area (Å²) in [5.74, 6) is -0.256. The third-order valence-electron chi connectivity index (χ3n) is 5.96. The lowest BCUT2D eigenvalue weighted by Crippen LogP contribution is -2.27. The summed E-state index contributed by atoms with van der Waals surface area (Å²) in [6.45, 7) is 0.947. The highest BCUT2D eigenvalue weighted by Gasteiger charge is 2.24. The Morgan fingerprint density at radius 3 is 2.72 bits per heavy atom. The number of imidazole rings is 1. The van der Waals surface area contributed by atoms with Crippen LogP contribution in [0.1, 0.15) is 35.1 Å². The second-order valence-electron chi connectivity index (χ2n) is 8.46. The number of carbonyl (C=O) groups is 2. The zero-order valence-corrected chi connectivity index (χ0v) is 20.5. The summed E-state index contributed by atoms with van der Waals surface area (Å²) in [6, 6.07) is 8.02. The first-order valence-corrected chi connectivity index (χ1v) is 12.1. The van der Waals surface area contributed by atoms with Gasteiger partial charge in [0.2, 0.25) is 0 Å². The van der Waals surface area contributed by atoms with Crippen LogP contribution in [-0.4, -0.2) is 68.1 Å². The summed E-state index contributed by atoms with van der Waals surface area (Å²) in [7, 11) is 0. The van der Waals surface area contributed by atoms with Crippen LogP contribution in [-0.2, 0) is 9.53 Å². The molecule has 186 valence electrons. The number of benzene rings is 2. The average molecular weight is 529 g/mol. The third-order valence-corrected chi connectivity index (χ3v) is 6.51. The lowest BCUT2D eigenvalue weighted by atomic mass is 10.1. The van der Waals surface area contributed by atoms with Gasteiger partial charge < -0.3 is 25.0 Å². The van der Waals surface area contributed by atoms with Crippen molar-refractivity contribution in [3.63, 3.8) is 0 Å². The Hall–Kier alpha value is -3.47. The number of carbonyl (C=O) groups excluding carboxylic acids is 1. The number of ether oxygens (including phenoxy) is 1. The number of fused-ring (bicyclic) bond motifs is 2. The molecule has 0 spiro atoms. The molecule has 2 aromatic heterocycles. The van der Waals surface area contributed by atoms with Crippen molar-refractivity contribution in [2.24, 2.45) is 0 Å². The number of anilines is 1. The van der Waals surface area contributed by atoms with Crippen LogP contribution < -0.4 is 5.32 Å². The maximum Gasteiger partial charge on any atom is 0.329 e. The van der Waals surface area contributed by atoms with Crippen LogP contribution in [0.4, 0.5) is 5.82 Å². The first-order valence-electron chi connectivity index (χ1n) is 11.3. The van der Waals surface area contributed by atoms with Crippen LogP contribution in [0, 0.1) is 0 Å². The highest BCUT2D eigenvalue weighted by atomic mass is 35.5. The number of amides is 1. The van der Waals surface area contributed by atoms with Crippen LogP contribution in [0.15, 0.2) is 36.7 Å². The van der Waals surface area contributed by atoms with Crippen molar-refractivity contribution in [2.75, 3.05) is 31.6 Å². The molecular weight excluding hydrogens is 507 g/mol. The van der Waals surface area contributed by atoms with Gasteiger partial charge in [-0.1, -0.05) is 23.2 Å². The molecule has 0 saturated carbocycles. The first-order chi connectivity index (χ1) is 17.4. The molecule has 1 fully saturated rings. The van der Waals surface area contributed by atoms with Crippen molar-refractivity contribution in [2.45, 2.75) is 18.9 Å². The molecule has 1 amide bonds. The Balaban J connectivity index is 1.48. The topological polar surface area (TPSA) is 133 Å². The van der Waals surface area contributed by atoms with Gasteiger partial charge in [-0.05, 0) is 43.2 Å². The summed E-state index contributed by atoms with van der Waals surface area (Å²) >= 11 is 12.6. The number of carboxylic acids is 1. The van der Waals surface area contributed by atoms with E-state index >= 15 is 0 Å². The van der Waals surface area contributed by atoms with Crippen molar-refractivity contribution in [1.29, 1.82) is 0 Å². The van der Waals surface area contributed by atoms with Gasteiger partial charge in [0.1, 0.15) is 30.6 Å². The van der Waals surface area contributed by atoms with Gasteiger partial charge in [0, 0.05) is 23.5 Å². The predicted octanol–water partition coefficient (Wildman–Crippen LogP) is 4.30. The molecule has 12 heteroatoms. The first kappa shape index (κ1) is 24.2. The molecule has 1 saturated heterocycles. The van der Waals surface area contributed by atoms with Crippen molar-refractivity contribution < 1.29 is 19.4 Å². The molecule has 1 aliphatic rings. The monoisotopic (exact) mass is 528 g/mol. The zero-order valence-electron chi connectivity index (χ0n) is 19.0. The number of aromatic nitrogens is 4. The lowest BCUT2D eigenvalue weighted by Gasteiger charge is -2.19. The third kappa shape index (κ3) is 5.06. The van der Waals surface area contributed by atoms with Crippen LogP contribution in [0.3, 0.4) is 0 Å². The molecule has 0 bridgehead atoms. The molecule has 5 rings (SSSR count). The molecule has 3 heterocycles. The van der Waals surface area contributed by atoms with Crippen LogP contribution in [0.2, 0.25) is 10.0 Å². The number of H-pyrrole nitrogens is 1. The van der Waals surface area contributed by atoms with Gasteiger partial charge in [0.25, 0.3) is 5.91 Å². The quantitative estimate of drug-likeness (QED) is 0.308.